The molecule has 1 aliphatic carbocycles. The van der Waals surface area contributed by atoms with Crippen LogP contribution in [0, 0.1) is 0 Å². The van der Waals surface area contributed by atoms with Gasteiger partial charge in [-0.1, -0.05) is 0 Å². The van der Waals surface area contributed by atoms with Crippen LogP contribution >= 0.6 is 0 Å². The molecule has 0 bridgehead atoms. The Labute approximate surface area is 186 Å². The second kappa shape index (κ2) is 8.12. The summed E-state index contributed by atoms with van der Waals surface area (Å²) >= 11 is 0. The van der Waals surface area contributed by atoms with Crippen molar-refractivity contribution in [2.24, 2.45) is 0 Å². The highest BCUT2D eigenvalue weighted by atomic mass is 16.5. The average molecular weight is 438 g/mol. The second-order valence-electron chi connectivity index (χ2n) is 8.99. The Kier molecular flexibility index (Phi) is 5.28. The number of ether oxygens (including phenoxy) is 1. The van der Waals surface area contributed by atoms with E-state index in [0.29, 0.717) is 38.3 Å². The molecule has 9 nitrogen and oxygen atoms in total. The van der Waals surface area contributed by atoms with Gasteiger partial charge in [0.25, 0.3) is 17.4 Å². The van der Waals surface area contributed by atoms with Crippen molar-refractivity contribution in [2.45, 2.75) is 57.9 Å². The lowest BCUT2D eigenvalue weighted by molar-refractivity contribution is -0.0587. The van der Waals surface area contributed by atoms with Crippen LogP contribution in [0.3, 0.4) is 0 Å². The first-order chi connectivity index (χ1) is 15.4. The summed E-state index contributed by atoms with van der Waals surface area (Å²) in [6.07, 6.45) is 6.94. The molecule has 0 unspecified atom stereocenters. The molecule has 9 heteroatoms. The topological polar surface area (TPSA) is 97.6 Å². The second-order valence-corrected chi connectivity index (χ2v) is 8.99. The number of aromatic nitrogens is 3. The van der Waals surface area contributed by atoms with Crippen molar-refractivity contribution < 1.29 is 14.3 Å². The standard InChI is InChI=1S/C23H27N5O4/c1-14-9-27(10-15(2)32-14)22(30)20-18-6-8-26(21(29)19-5-7-24-13-25-19)11-16(18)12-28(23(20)31)17-3-4-17/h5,7,12-15,17H,3-4,6,8-11H2,1-2H3/t14-,15+. The molecule has 2 aromatic heterocycles. The molecule has 32 heavy (non-hydrogen) atoms. The van der Waals surface area contributed by atoms with Gasteiger partial charge < -0.3 is 19.1 Å². The summed E-state index contributed by atoms with van der Waals surface area (Å²) in [5, 5.41) is 0. The van der Waals surface area contributed by atoms with Crippen LogP contribution in [0.1, 0.15) is 64.7 Å². The van der Waals surface area contributed by atoms with Crippen molar-refractivity contribution >= 4 is 11.8 Å². The summed E-state index contributed by atoms with van der Waals surface area (Å²) in [5.74, 6) is -0.398. The van der Waals surface area contributed by atoms with E-state index in [0.717, 1.165) is 24.0 Å². The van der Waals surface area contributed by atoms with Crippen LogP contribution in [-0.2, 0) is 17.7 Å². The van der Waals surface area contributed by atoms with Crippen molar-refractivity contribution in [1.82, 2.24) is 24.3 Å². The van der Waals surface area contributed by atoms with Crippen LogP contribution in [0.2, 0.25) is 0 Å². The molecule has 1 saturated heterocycles. The van der Waals surface area contributed by atoms with Gasteiger partial charge in [0, 0.05) is 44.6 Å². The number of rotatable bonds is 3. The van der Waals surface area contributed by atoms with E-state index in [1.165, 1.54) is 6.33 Å². The number of carbonyl (C=O) groups excluding carboxylic acids is 2. The number of carbonyl (C=O) groups is 2. The highest BCUT2D eigenvalue weighted by molar-refractivity contribution is 5.96. The summed E-state index contributed by atoms with van der Waals surface area (Å²) in [5.41, 5.74) is 2.04. The molecule has 2 fully saturated rings. The van der Waals surface area contributed by atoms with E-state index < -0.39 is 0 Å². The van der Waals surface area contributed by atoms with E-state index in [9.17, 15) is 14.4 Å². The highest BCUT2D eigenvalue weighted by Crippen LogP contribution is 2.35. The molecule has 1 saturated carbocycles. The SMILES string of the molecule is C[C@@H]1CN(C(=O)c2c3c(cn(C4CC4)c2=O)CN(C(=O)c2ccncn2)CC3)C[C@H](C)O1. The van der Waals surface area contributed by atoms with Crippen LogP contribution in [0.25, 0.3) is 0 Å². The third-order valence-corrected chi connectivity index (χ3v) is 6.37. The molecule has 5 rings (SSSR count). The Morgan fingerprint density at radius 2 is 1.84 bits per heavy atom. The number of morpholine rings is 1. The molecule has 2 atom stereocenters. The molecular formula is C23H27N5O4. The molecule has 2 aliphatic heterocycles. The van der Waals surface area contributed by atoms with E-state index in [2.05, 4.69) is 9.97 Å². The number of hydrogen-bond acceptors (Lipinski definition) is 6. The zero-order valence-corrected chi connectivity index (χ0v) is 18.4. The summed E-state index contributed by atoms with van der Waals surface area (Å²) in [4.78, 5) is 51.3. The van der Waals surface area contributed by atoms with Crippen LogP contribution in [0.5, 0.6) is 0 Å². The zero-order valence-electron chi connectivity index (χ0n) is 18.4. The summed E-state index contributed by atoms with van der Waals surface area (Å²) < 4.78 is 7.47. The lowest BCUT2D eigenvalue weighted by atomic mass is 9.95. The number of fused-ring (bicyclic) bond motifs is 1. The minimum absolute atomic E-state index is 0.0751. The van der Waals surface area contributed by atoms with E-state index in [-0.39, 0.29) is 41.2 Å². The fourth-order valence-electron chi connectivity index (χ4n) is 4.78. The van der Waals surface area contributed by atoms with Crippen LogP contribution in [-0.4, -0.2) is 68.0 Å². The van der Waals surface area contributed by atoms with Gasteiger partial charge in [-0.25, -0.2) is 9.97 Å². The van der Waals surface area contributed by atoms with Crippen LogP contribution in [0.4, 0.5) is 0 Å². The van der Waals surface area contributed by atoms with Crippen molar-refractivity contribution in [1.29, 1.82) is 0 Å². The van der Waals surface area contributed by atoms with Gasteiger partial charge in [-0.05, 0) is 50.3 Å². The molecule has 168 valence electrons. The van der Waals surface area contributed by atoms with Gasteiger partial charge >= 0.3 is 0 Å². The minimum atomic E-state index is -0.223. The van der Waals surface area contributed by atoms with Crippen LogP contribution in [0.15, 0.2) is 29.6 Å². The molecule has 2 aromatic rings. The Morgan fingerprint density at radius 3 is 2.50 bits per heavy atom. The lowest BCUT2D eigenvalue weighted by Gasteiger charge is -2.36. The minimum Gasteiger partial charge on any atom is -0.372 e. The lowest BCUT2D eigenvalue weighted by Crippen LogP contribution is -2.50. The Balaban J connectivity index is 1.51. The van der Waals surface area contributed by atoms with E-state index in [4.69, 9.17) is 4.74 Å². The van der Waals surface area contributed by atoms with Crippen molar-refractivity contribution in [3.05, 3.63) is 57.5 Å². The summed E-state index contributed by atoms with van der Waals surface area (Å²) in [7, 11) is 0. The van der Waals surface area contributed by atoms with Crippen molar-refractivity contribution in [3.63, 3.8) is 0 Å². The van der Waals surface area contributed by atoms with Gasteiger partial charge in [-0.3, -0.25) is 14.4 Å². The summed E-state index contributed by atoms with van der Waals surface area (Å²) in [6, 6.07) is 1.73. The molecule has 2 amide bonds. The third-order valence-electron chi connectivity index (χ3n) is 6.37. The van der Waals surface area contributed by atoms with Gasteiger partial charge in [0.05, 0.1) is 12.2 Å². The summed E-state index contributed by atoms with van der Waals surface area (Å²) in [6.45, 7) is 5.59. The van der Waals surface area contributed by atoms with Gasteiger partial charge in [-0.15, -0.1) is 0 Å². The Morgan fingerprint density at radius 1 is 1.09 bits per heavy atom. The Hall–Kier alpha value is -3.07. The Bertz CT molecular complexity index is 1100. The number of nitrogens with zero attached hydrogens (tertiary/aromatic N) is 5. The molecule has 0 aromatic carbocycles. The predicted molar refractivity (Wildman–Crippen MR) is 115 cm³/mol. The molecule has 3 aliphatic rings. The van der Waals surface area contributed by atoms with Gasteiger partial charge in [0.15, 0.2) is 0 Å². The number of pyridine rings is 1. The maximum absolute atomic E-state index is 13.6. The first-order valence-electron chi connectivity index (χ1n) is 11.2. The van der Waals surface area contributed by atoms with E-state index in [1.807, 2.05) is 20.0 Å². The smallest absolute Gasteiger partial charge is 0.272 e. The average Bonchev–Trinajstić information content (AvgIpc) is 3.63. The van der Waals surface area contributed by atoms with Gasteiger partial charge in [0.2, 0.25) is 0 Å². The fraction of sp³-hybridized carbons (Fsp3) is 0.522. The van der Waals surface area contributed by atoms with E-state index >= 15 is 0 Å². The van der Waals surface area contributed by atoms with Crippen molar-refractivity contribution in [2.75, 3.05) is 19.6 Å². The van der Waals surface area contributed by atoms with Gasteiger partial charge in [-0.2, -0.15) is 0 Å². The molecule has 4 heterocycles. The normalized spacial score (nSPS) is 23.1. The maximum atomic E-state index is 13.6. The number of amides is 2. The fourth-order valence-corrected chi connectivity index (χ4v) is 4.78. The molecular weight excluding hydrogens is 410 g/mol. The van der Waals surface area contributed by atoms with Crippen molar-refractivity contribution in [3.8, 4) is 0 Å². The third kappa shape index (κ3) is 3.81. The van der Waals surface area contributed by atoms with E-state index in [1.54, 1.807) is 26.6 Å². The van der Waals surface area contributed by atoms with Crippen LogP contribution < -0.4 is 5.56 Å². The predicted octanol–water partition coefficient (Wildman–Crippen LogP) is 1.42. The molecule has 0 N–H and O–H groups in total. The quantitative estimate of drug-likeness (QED) is 0.720. The first-order valence-corrected chi connectivity index (χ1v) is 11.2. The highest BCUT2D eigenvalue weighted by Gasteiger charge is 2.35. The monoisotopic (exact) mass is 437 g/mol. The van der Waals surface area contributed by atoms with Gasteiger partial charge in [0.1, 0.15) is 17.6 Å². The maximum Gasteiger partial charge on any atom is 0.272 e. The largest absolute Gasteiger partial charge is 0.372 e. The number of hydrogen-bond donors (Lipinski definition) is 0. The zero-order chi connectivity index (χ0) is 22.4. The first kappa shape index (κ1) is 20.8. The molecule has 0 spiro atoms. The molecule has 0 radical (unpaired) electrons.